The van der Waals surface area contributed by atoms with Crippen LogP contribution in [0.4, 0.5) is 5.69 Å². The van der Waals surface area contributed by atoms with E-state index in [9.17, 15) is 9.59 Å². The van der Waals surface area contributed by atoms with Gasteiger partial charge in [-0.25, -0.2) is 0 Å². The Labute approximate surface area is 173 Å². The predicted octanol–water partition coefficient (Wildman–Crippen LogP) is 4.10. The van der Waals surface area contributed by atoms with Gasteiger partial charge >= 0.3 is 0 Å². The summed E-state index contributed by atoms with van der Waals surface area (Å²) < 4.78 is 0. The molecule has 29 heavy (non-hydrogen) atoms. The van der Waals surface area contributed by atoms with Gasteiger partial charge in [-0.1, -0.05) is 36.8 Å². The van der Waals surface area contributed by atoms with Crippen LogP contribution in [0.5, 0.6) is 0 Å². The topological polar surface area (TPSA) is 49.4 Å². The van der Waals surface area contributed by atoms with Crippen LogP contribution in [-0.4, -0.2) is 31.3 Å². The van der Waals surface area contributed by atoms with Crippen molar-refractivity contribution in [3.63, 3.8) is 0 Å². The first-order valence-electron chi connectivity index (χ1n) is 11.0. The van der Waals surface area contributed by atoms with Crippen LogP contribution in [0.3, 0.4) is 0 Å². The first-order valence-corrected chi connectivity index (χ1v) is 11.0. The third kappa shape index (κ3) is 4.76. The zero-order valence-corrected chi connectivity index (χ0v) is 17.1. The Morgan fingerprint density at radius 3 is 2.55 bits per heavy atom. The molecule has 0 radical (unpaired) electrons. The number of nitrogens with zero attached hydrogens (tertiary/aromatic N) is 1. The Balaban J connectivity index is 1.17. The number of aryl methyl sites for hydroxylation is 1. The summed E-state index contributed by atoms with van der Waals surface area (Å²) in [7, 11) is 0. The van der Waals surface area contributed by atoms with E-state index in [4.69, 9.17) is 0 Å². The molecule has 4 rings (SSSR count). The highest BCUT2D eigenvalue weighted by atomic mass is 16.2. The Kier molecular flexibility index (Phi) is 6.40. The maximum absolute atomic E-state index is 12.7. The van der Waals surface area contributed by atoms with Crippen molar-refractivity contribution < 1.29 is 9.59 Å². The molecular formula is C25H30N2O2. The van der Waals surface area contributed by atoms with E-state index in [0.717, 1.165) is 69.4 Å². The van der Waals surface area contributed by atoms with Crippen molar-refractivity contribution in [2.75, 3.05) is 24.5 Å². The van der Waals surface area contributed by atoms with Crippen LogP contribution < -0.4 is 10.2 Å². The number of carbonyl (C=O) groups is 2. The minimum atomic E-state index is 0.229. The fraction of sp³-hybridized carbons (Fsp3) is 0.440. The number of anilines is 1. The van der Waals surface area contributed by atoms with E-state index < -0.39 is 0 Å². The summed E-state index contributed by atoms with van der Waals surface area (Å²) in [6.07, 6.45) is 7.02. The van der Waals surface area contributed by atoms with Gasteiger partial charge in [-0.05, 0) is 74.0 Å². The van der Waals surface area contributed by atoms with Gasteiger partial charge in [0.1, 0.15) is 0 Å². The lowest BCUT2D eigenvalue weighted by atomic mass is 9.94. The summed E-state index contributed by atoms with van der Waals surface area (Å²) in [5, 5.41) is 3.49. The van der Waals surface area contributed by atoms with Crippen LogP contribution in [0, 0.1) is 0 Å². The van der Waals surface area contributed by atoms with E-state index in [1.165, 1.54) is 16.7 Å². The van der Waals surface area contributed by atoms with Crippen LogP contribution in [0.15, 0.2) is 42.5 Å². The highest BCUT2D eigenvalue weighted by molar-refractivity contribution is 6.02. The van der Waals surface area contributed by atoms with Crippen molar-refractivity contribution in [1.82, 2.24) is 5.32 Å². The zero-order chi connectivity index (χ0) is 20.1. The first kappa shape index (κ1) is 19.8. The molecule has 4 heteroatoms. The minimum Gasteiger partial charge on any atom is -0.316 e. The zero-order valence-electron chi connectivity index (χ0n) is 17.1. The molecule has 2 aliphatic rings. The van der Waals surface area contributed by atoms with Crippen molar-refractivity contribution in [1.29, 1.82) is 0 Å². The largest absolute Gasteiger partial charge is 0.316 e. The maximum atomic E-state index is 12.7. The summed E-state index contributed by atoms with van der Waals surface area (Å²) in [6, 6.07) is 14.6. The average molecular weight is 391 g/mol. The predicted molar refractivity (Wildman–Crippen MR) is 117 cm³/mol. The highest BCUT2D eigenvalue weighted by Crippen LogP contribution is 2.37. The van der Waals surface area contributed by atoms with Gasteiger partial charge in [-0.3, -0.25) is 9.59 Å². The number of Topliss-reactive ketones (excluding diaryl/α,β-unsaturated/α-hetero) is 1. The van der Waals surface area contributed by atoms with E-state index >= 15 is 0 Å². The number of ketones is 1. The molecule has 2 aliphatic heterocycles. The van der Waals surface area contributed by atoms with Crippen molar-refractivity contribution in [3.05, 3.63) is 64.7 Å². The summed E-state index contributed by atoms with van der Waals surface area (Å²) in [5.41, 5.74) is 5.67. The monoisotopic (exact) mass is 390 g/mol. The number of hydrogen-bond acceptors (Lipinski definition) is 3. The third-order valence-electron chi connectivity index (χ3n) is 6.06. The number of benzene rings is 2. The van der Waals surface area contributed by atoms with Gasteiger partial charge in [-0.2, -0.15) is 0 Å². The SMILES string of the molecule is O=C(CCCCCNCCc1ccccc1)c1cc2c3c(c1)CCN3C(=O)CC2. The number of hydrogen-bond donors (Lipinski definition) is 1. The lowest BCUT2D eigenvalue weighted by Crippen LogP contribution is -2.32. The van der Waals surface area contributed by atoms with Crippen molar-refractivity contribution >= 4 is 17.4 Å². The lowest BCUT2D eigenvalue weighted by Gasteiger charge is -2.25. The molecule has 0 saturated carbocycles. The molecule has 0 atom stereocenters. The van der Waals surface area contributed by atoms with Gasteiger partial charge in [0, 0.05) is 24.9 Å². The van der Waals surface area contributed by atoms with E-state index in [2.05, 4.69) is 29.6 Å². The van der Waals surface area contributed by atoms with Crippen LogP contribution in [0.2, 0.25) is 0 Å². The smallest absolute Gasteiger partial charge is 0.227 e. The second kappa shape index (κ2) is 9.36. The number of carbonyl (C=O) groups excluding carboxylic acids is 2. The molecular weight excluding hydrogens is 360 g/mol. The quantitative estimate of drug-likeness (QED) is 0.491. The second-order valence-corrected chi connectivity index (χ2v) is 8.16. The summed E-state index contributed by atoms with van der Waals surface area (Å²) in [4.78, 5) is 26.6. The third-order valence-corrected chi connectivity index (χ3v) is 6.06. The Bertz CT molecular complexity index is 876. The van der Waals surface area contributed by atoms with Crippen molar-refractivity contribution in [3.8, 4) is 0 Å². The number of nitrogens with one attached hydrogen (secondary N) is 1. The molecule has 0 bridgehead atoms. The summed E-state index contributed by atoms with van der Waals surface area (Å²) in [5.74, 6) is 0.476. The fourth-order valence-electron chi connectivity index (χ4n) is 4.48. The number of unbranched alkanes of at least 4 members (excludes halogenated alkanes) is 2. The Morgan fingerprint density at radius 2 is 1.72 bits per heavy atom. The van der Waals surface area contributed by atoms with Gasteiger partial charge < -0.3 is 10.2 Å². The van der Waals surface area contributed by atoms with Crippen molar-refractivity contribution in [2.45, 2.75) is 51.4 Å². The van der Waals surface area contributed by atoms with E-state index in [-0.39, 0.29) is 11.7 Å². The average Bonchev–Trinajstić information content (AvgIpc) is 3.18. The standard InChI is InChI=1S/C25H30N2O2/c28-23(9-5-2-6-14-26-15-12-19-7-3-1-4-8-19)22-17-20-10-11-24(29)27-16-13-21(18-22)25(20)27/h1,3-4,7-8,17-18,26H,2,5-6,9-16H2. The Hall–Kier alpha value is -2.46. The molecule has 0 spiro atoms. The van der Waals surface area contributed by atoms with Crippen LogP contribution >= 0.6 is 0 Å². The van der Waals surface area contributed by atoms with Gasteiger partial charge in [0.15, 0.2) is 5.78 Å². The molecule has 4 nitrogen and oxygen atoms in total. The Morgan fingerprint density at radius 1 is 0.931 bits per heavy atom. The van der Waals surface area contributed by atoms with Gasteiger partial charge in [0.05, 0.1) is 5.69 Å². The molecule has 152 valence electrons. The summed E-state index contributed by atoms with van der Waals surface area (Å²) in [6.45, 7) is 2.78. The second-order valence-electron chi connectivity index (χ2n) is 8.16. The van der Waals surface area contributed by atoms with E-state index in [1.54, 1.807) is 0 Å². The minimum absolute atomic E-state index is 0.229. The molecule has 0 aromatic heterocycles. The van der Waals surface area contributed by atoms with Gasteiger partial charge in [0.2, 0.25) is 5.91 Å². The molecule has 2 aromatic rings. The lowest BCUT2D eigenvalue weighted by molar-refractivity contribution is -0.118. The normalized spacial score (nSPS) is 14.9. The maximum Gasteiger partial charge on any atom is 0.227 e. The van der Waals surface area contributed by atoms with Crippen LogP contribution in [0.25, 0.3) is 0 Å². The molecule has 0 fully saturated rings. The molecule has 0 saturated heterocycles. The molecule has 2 heterocycles. The summed E-state index contributed by atoms with van der Waals surface area (Å²) >= 11 is 0. The molecule has 0 unspecified atom stereocenters. The molecule has 1 N–H and O–H groups in total. The van der Waals surface area contributed by atoms with E-state index in [0.29, 0.717) is 12.8 Å². The molecule has 2 aromatic carbocycles. The molecule has 1 amide bonds. The van der Waals surface area contributed by atoms with Crippen LogP contribution in [-0.2, 0) is 24.1 Å². The van der Waals surface area contributed by atoms with E-state index in [1.807, 2.05) is 23.1 Å². The number of amides is 1. The molecule has 0 aliphatic carbocycles. The van der Waals surface area contributed by atoms with Crippen LogP contribution in [0.1, 0.15) is 59.2 Å². The van der Waals surface area contributed by atoms with Gasteiger partial charge in [-0.15, -0.1) is 0 Å². The first-order chi connectivity index (χ1) is 14.2. The van der Waals surface area contributed by atoms with Crippen molar-refractivity contribution in [2.24, 2.45) is 0 Å². The fourth-order valence-corrected chi connectivity index (χ4v) is 4.48. The van der Waals surface area contributed by atoms with Gasteiger partial charge in [0.25, 0.3) is 0 Å². The number of rotatable bonds is 10. The highest BCUT2D eigenvalue weighted by Gasteiger charge is 2.31.